The minimum atomic E-state index is -2.71. The molecule has 1 atom stereocenters. The van der Waals surface area contributed by atoms with Crippen LogP contribution in [0.5, 0.6) is 0 Å². The van der Waals surface area contributed by atoms with Gasteiger partial charge in [-0.25, -0.2) is 13.8 Å². The SMILES string of the molecule is Cn1c(N2CCC3(CC2)CC(F)(F)C[C@H]3N)nc2n[nH]c(-c3ccnc(NC4CC4)c3Cl)c2c1=O. The number of nitrogens with two attached hydrogens (primary N) is 1. The molecule has 3 aromatic heterocycles. The molecule has 2 aliphatic carbocycles. The first-order valence-electron chi connectivity index (χ1n) is 11.9. The number of H-pyrrole nitrogens is 1. The van der Waals surface area contributed by atoms with E-state index in [9.17, 15) is 13.6 Å². The number of alkyl halides is 2. The predicted molar refractivity (Wildman–Crippen MR) is 130 cm³/mol. The summed E-state index contributed by atoms with van der Waals surface area (Å²) in [5, 5.41) is 11.3. The highest BCUT2D eigenvalue weighted by molar-refractivity contribution is 6.36. The van der Waals surface area contributed by atoms with Crippen molar-refractivity contribution in [2.45, 2.75) is 56.5 Å². The number of piperidine rings is 1. The van der Waals surface area contributed by atoms with Crippen LogP contribution >= 0.6 is 11.6 Å². The van der Waals surface area contributed by atoms with Gasteiger partial charge in [0.15, 0.2) is 5.65 Å². The van der Waals surface area contributed by atoms with Gasteiger partial charge in [0.1, 0.15) is 11.2 Å². The van der Waals surface area contributed by atoms with Gasteiger partial charge in [-0.2, -0.15) is 10.1 Å². The zero-order valence-electron chi connectivity index (χ0n) is 19.3. The Kier molecular flexibility index (Phi) is 5.09. The number of nitrogens with zero attached hydrogens (tertiary/aromatic N) is 5. The maximum absolute atomic E-state index is 14.0. The van der Waals surface area contributed by atoms with E-state index in [-0.39, 0.29) is 24.0 Å². The van der Waals surface area contributed by atoms with Gasteiger partial charge in [-0.3, -0.25) is 14.5 Å². The second-order valence-electron chi connectivity index (χ2n) is 10.2. The summed E-state index contributed by atoms with van der Waals surface area (Å²) < 4.78 is 29.5. The quantitative estimate of drug-likeness (QED) is 0.499. The summed E-state index contributed by atoms with van der Waals surface area (Å²) >= 11 is 6.63. The van der Waals surface area contributed by atoms with Gasteiger partial charge in [0.25, 0.3) is 5.56 Å². The first kappa shape index (κ1) is 22.7. The zero-order valence-corrected chi connectivity index (χ0v) is 20.1. The van der Waals surface area contributed by atoms with Crippen LogP contribution < -0.4 is 21.5 Å². The number of aromatic amines is 1. The molecule has 186 valence electrons. The third-order valence-corrected chi connectivity index (χ3v) is 8.19. The first-order chi connectivity index (χ1) is 16.7. The lowest BCUT2D eigenvalue weighted by Gasteiger charge is -2.42. The van der Waals surface area contributed by atoms with Crippen LogP contribution in [0.1, 0.15) is 38.5 Å². The molecule has 3 aromatic rings. The predicted octanol–water partition coefficient (Wildman–Crippen LogP) is 3.29. The van der Waals surface area contributed by atoms with Crippen molar-refractivity contribution in [1.82, 2.24) is 24.7 Å². The standard InChI is InChI=1S/C23H27ClF2N8O/c1-33-20(35)15-17(13-4-7-28-19(16(13)24)29-12-2-3-12)31-32-18(15)30-21(33)34-8-5-22(6-9-34)11-23(25,26)10-14(22)27/h4,7,12,14H,2-3,5-6,8-11,27H2,1H3,(H,28,29)(H,31,32)/t14-/m1/s1. The summed E-state index contributed by atoms with van der Waals surface area (Å²) in [6.45, 7) is 0.998. The Labute approximate surface area is 205 Å². The number of aromatic nitrogens is 5. The molecule has 6 rings (SSSR count). The lowest BCUT2D eigenvalue weighted by Crippen LogP contribution is -2.48. The maximum Gasteiger partial charge on any atom is 0.266 e. The normalized spacial score (nSPS) is 23.3. The Morgan fingerprint density at radius 3 is 2.69 bits per heavy atom. The number of nitrogens with one attached hydrogen (secondary N) is 2. The number of anilines is 2. The lowest BCUT2D eigenvalue weighted by atomic mass is 9.74. The van der Waals surface area contributed by atoms with Gasteiger partial charge in [0.05, 0.1) is 10.7 Å². The molecule has 35 heavy (non-hydrogen) atoms. The van der Waals surface area contributed by atoms with Crippen LogP contribution in [0, 0.1) is 5.41 Å². The van der Waals surface area contributed by atoms with Crippen molar-refractivity contribution in [3.8, 4) is 11.3 Å². The monoisotopic (exact) mass is 504 g/mol. The van der Waals surface area contributed by atoms with Crippen LogP contribution in [0.3, 0.4) is 0 Å². The van der Waals surface area contributed by atoms with E-state index in [2.05, 4.69) is 25.5 Å². The van der Waals surface area contributed by atoms with Gasteiger partial charge in [-0.05, 0) is 37.2 Å². The van der Waals surface area contributed by atoms with Gasteiger partial charge < -0.3 is 16.0 Å². The topological polar surface area (TPSA) is 118 Å². The van der Waals surface area contributed by atoms with E-state index in [1.807, 2.05) is 4.90 Å². The molecule has 12 heteroatoms. The van der Waals surface area contributed by atoms with Gasteiger partial charge >= 0.3 is 0 Å². The van der Waals surface area contributed by atoms with Gasteiger partial charge in [-0.1, -0.05) is 11.6 Å². The number of fused-ring (bicyclic) bond motifs is 1. The van der Waals surface area contributed by atoms with Gasteiger partial charge in [0.2, 0.25) is 11.9 Å². The average molecular weight is 505 g/mol. The summed E-state index contributed by atoms with van der Waals surface area (Å²) in [7, 11) is 1.66. The molecule has 4 heterocycles. The molecule has 0 bridgehead atoms. The molecule has 3 fully saturated rings. The van der Waals surface area contributed by atoms with Crippen molar-refractivity contribution in [3.05, 3.63) is 27.6 Å². The fourth-order valence-corrected chi connectivity index (χ4v) is 5.90. The highest BCUT2D eigenvalue weighted by Gasteiger charge is 2.55. The van der Waals surface area contributed by atoms with Crippen LogP contribution in [-0.2, 0) is 7.05 Å². The Morgan fingerprint density at radius 2 is 2.03 bits per heavy atom. The smallest absolute Gasteiger partial charge is 0.266 e. The van der Waals surface area contributed by atoms with Crippen molar-refractivity contribution < 1.29 is 8.78 Å². The summed E-state index contributed by atoms with van der Waals surface area (Å²) in [5.74, 6) is -1.67. The largest absolute Gasteiger partial charge is 0.366 e. The van der Waals surface area contributed by atoms with E-state index >= 15 is 0 Å². The Balaban J connectivity index is 1.32. The van der Waals surface area contributed by atoms with Crippen LogP contribution in [-0.4, -0.2) is 55.8 Å². The van der Waals surface area contributed by atoms with Gasteiger partial charge in [0, 0.05) is 56.8 Å². The van der Waals surface area contributed by atoms with E-state index in [0.717, 1.165) is 12.8 Å². The van der Waals surface area contributed by atoms with Crippen LogP contribution in [0.25, 0.3) is 22.3 Å². The second kappa shape index (κ2) is 7.86. The fourth-order valence-electron chi connectivity index (χ4n) is 5.64. The molecule has 0 aromatic carbocycles. The first-order valence-corrected chi connectivity index (χ1v) is 12.3. The Hall–Kier alpha value is -2.79. The molecular weight excluding hydrogens is 478 g/mol. The molecule has 4 N–H and O–H groups in total. The number of halogens is 3. The number of pyridine rings is 1. The van der Waals surface area contributed by atoms with Crippen molar-refractivity contribution in [3.63, 3.8) is 0 Å². The van der Waals surface area contributed by atoms with Crippen molar-refractivity contribution in [2.75, 3.05) is 23.3 Å². The van der Waals surface area contributed by atoms with Gasteiger partial charge in [-0.15, -0.1) is 0 Å². The molecule has 2 saturated carbocycles. The van der Waals surface area contributed by atoms with E-state index in [1.165, 1.54) is 4.57 Å². The number of hydrogen-bond donors (Lipinski definition) is 3. The van der Waals surface area contributed by atoms with Crippen molar-refractivity contribution in [2.24, 2.45) is 18.2 Å². The maximum atomic E-state index is 14.0. The number of rotatable bonds is 4. The minimum absolute atomic E-state index is 0.173. The third kappa shape index (κ3) is 3.76. The highest BCUT2D eigenvalue weighted by atomic mass is 35.5. The van der Waals surface area contributed by atoms with Crippen LogP contribution in [0.2, 0.25) is 5.02 Å². The molecule has 0 radical (unpaired) electrons. The van der Waals surface area contributed by atoms with Crippen molar-refractivity contribution >= 4 is 34.4 Å². The second-order valence-corrected chi connectivity index (χ2v) is 10.6. The summed E-state index contributed by atoms with van der Waals surface area (Å²) in [5.41, 5.74) is 6.71. The molecule has 9 nitrogen and oxygen atoms in total. The molecule has 3 aliphatic rings. The summed E-state index contributed by atoms with van der Waals surface area (Å²) in [4.78, 5) is 24.4. The average Bonchev–Trinajstić information content (AvgIpc) is 3.48. The fraction of sp³-hybridized carbons (Fsp3) is 0.565. The van der Waals surface area contributed by atoms with E-state index in [1.54, 1.807) is 19.3 Å². The zero-order chi connectivity index (χ0) is 24.5. The Morgan fingerprint density at radius 1 is 1.29 bits per heavy atom. The molecule has 0 amide bonds. The third-order valence-electron chi connectivity index (χ3n) is 7.81. The Bertz CT molecular complexity index is 1360. The molecule has 1 spiro atoms. The van der Waals surface area contributed by atoms with E-state index in [0.29, 0.717) is 65.4 Å². The molecule has 0 unspecified atom stereocenters. The number of hydrogen-bond acceptors (Lipinski definition) is 7. The minimum Gasteiger partial charge on any atom is -0.366 e. The molecule has 1 saturated heterocycles. The van der Waals surface area contributed by atoms with E-state index < -0.39 is 17.4 Å². The highest BCUT2D eigenvalue weighted by Crippen LogP contribution is 2.52. The van der Waals surface area contributed by atoms with Crippen molar-refractivity contribution in [1.29, 1.82) is 0 Å². The van der Waals surface area contributed by atoms with E-state index in [4.69, 9.17) is 17.3 Å². The summed E-state index contributed by atoms with van der Waals surface area (Å²) in [6.07, 6.45) is 4.43. The van der Waals surface area contributed by atoms with Crippen LogP contribution in [0.15, 0.2) is 17.1 Å². The summed E-state index contributed by atoms with van der Waals surface area (Å²) in [6, 6.07) is 1.60. The lowest BCUT2D eigenvalue weighted by molar-refractivity contribution is -0.00686. The molecule has 1 aliphatic heterocycles. The molecular formula is C23H27ClF2N8O. The van der Waals surface area contributed by atoms with Crippen LogP contribution in [0.4, 0.5) is 20.5 Å².